The van der Waals surface area contributed by atoms with Crippen LogP contribution in [0.3, 0.4) is 0 Å². The molecule has 0 aliphatic rings. The molecule has 0 bridgehead atoms. The fraction of sp³-hybridized carbons (Fsp3) is 0.316. The van der Waals surface area contributed by atoms with Crippen molar-refractivity contribution in [3.05, 3.63) is 58.6 Å². The summed E-state index contributed by atoms with van der Waals surface area (Å²) in [5.74, 6) is -0.201. The van der Waals surface area contributed by atoms with Gasteiger partial charge in [0.05, 0.1) is 13.2 Å². The van der Waals surface area contributed by atoms with E-state index in [1.807, 2.05) is 26.0 Å². The van der Waals surface area contributed by atoms with E-state index < -0.39 is 10.0 Å². The molecular formula is C19H23ClN2O4S. The summed E-state index contributed by atoms with van der Waals surface area (Å²) in [4.78, 5) is 12.5. The molecule has 2 aromatic rings. The number of rotatable bonds is 8. The number of carbonyl (C=O) groups is 1. The molecule has 6 nitrogen and oxygen atoms in total. The van der Waals surface area contributed by atoms with E-state index in [0.717, 1.165) is 5.56 Å². The first-order valence-corrected chi connectivity index (χ1v) is 10.4. The molecule has 2 rings (SSSR count). The molecule has 0 saturated heterocycles. The van der Waals surface area contributed by atoms with E-state index in [2.05, 4.69) is 10.0 Å². The van der Waals surface area contributed by atoms with E-state index in [4.69, 9.17) is 16.3 Å². The molecule has 0 aromatic heterocycles. The van der Waals surface area contributed by atoms with E-state index in [-0.39, 0.29) is 28.2 Å². The third-order valence-electron chi connectivity index (χ3n) is 3.98. The fourth-order valence-electron chi connectivity index (χ4n) is 2.46. The van der Waals surface area contributed by atoms with Crippen molar-refractivity contribution >= 4 is 27.5 Å². The van der Waals surface area contributed by atoms with Crippen molar-refractivity contribution < 1.29 is 17.9 Å². The van der Waals surface area contributed by atoms with Gasteiger partial charge in [-0.1, -0.05) is 30.7 Å². The number of benzene rings is 2. The summed E-state index contributed by atoms with van der Waals surface area (Å²) in [6.07, 6.45) is 0.653. The van der Waals surface area contributed by atoms with Crippen LogP contribution in [0, 0.1) is 0 Å². The zero-order valence-electron chi connectivity index (χ0n) is 15.5. The largest absolute Gasteiger partial charge is 0.495 e. The number of carbonyl (C=O) groups excluding carboxylic acids is 1. The number of methoxy groups -OCH3 is 1. The molecular weight excluding hydrogens is 388 g/mol. The highest BCUT2D eigenvalue weighted by Gasteiger charge is 2.22. The van der Waals surface area contributed by atoms with E-state index in [1.165, 1.54) is 25.3 Å². The summed E-state index contributed by atoms with van der Waals surface area (Å²) in [6, 6.07) is 11.2. The van der Waals surface area contributed by atoms with Gasteiger partial charge >= 0.3 is 0 Å². The van der Waals surface area contributed by atoms with Gasteiger partial charge in [0.1, 0.15) is 10.6 Å². The molecule has 0 heterocycles. The first-order chi connectivity index (χ1) is 12.8. The molecule has 1 unspecified atom stereocenters. The Labute approximate surface area is 164 Å². The van der Waals surface area contributed by atoms with Crippen LogP contribution < -0.4 is 14.8 Å². The summed E-state index contributed by atoms with van der Waals surface area (Å²) < 4.78 is 32.6. The molecule has 0 fully saturated rings. The predicted molar refractivity (Wildman–Crippen MR) is 106 cm³/mol. The summed E-state index contributed by atoms with van der Waals surface area (Å²) in [6.45, 7) is 4.00. The quantitative estimate of drug-likeness (QED) is 0.697. The minimum absolute atomic E-state index is 0.0646. The SMILES string of the molecule is CCCNS(=O)(=O)c1cc(C(=O)NC(C)c2ccc(Cl)cc2)ccc1OC. The van der Waals surface area contributed by atoms with E-state index >= 15 is 0 Å². The van der Waals surface area contributed by atoms with Crippen molar-refractivity contribution in [3.8, 4) is 5.75 Å². The summed E-state index contributed by atoms with van der Waals surface area (Å²) in [5.41, 5.74) is 1.12. The van der Waals surface area contributed by atoms with Crippen LogP contribution in [0.2, 0.25) is 5.02 Å². The van der Waals surface area contributed by atoms with Gasteiger partial charge in [-0.3, -0.25) is 4.79 Å². The van der Waals surface area contributed by atoms with Crippen LogP contribution in [0.15, 0.2) is 47.4 Å². The topological polar surface area (TPSA) is 84.5 Å². The molecule has 2 N–H and O–H groups in total. The highest BCUT2D eigenvalue weighted by Crippen LogP contribution is 2.25. The molecule has 8 heteroatoms. The molecule has 0 radical (unpaired) electrons. The monoisotopic (exact) mass is 410 g/mol. The third-order valence-corrected chi connectivity index (χ3v) is 5.71. The lowest BCUT2D eigenvalue weighted by atomic mass is 10.1. The van der Waals surface area contributed by atoms with E-state index in [0.29, 0.717) is 18.0 Å². The van der Waals surface area contributed by atoms with Crippen molar-refractivity contribution in [1.29, 1.82) is 0 Å². The zero-order chi connectivity index (χ0) is 20.0. The number of sulfonamides is 1. The van der Waals surface area contributed by atoms with Crippen LogP contribution >= 0.6 is 11.6 Å². The normalized spacial score (nSPS) is 12.4. The maximum absolute atomic E-state index is 12.6. The standard InChI is InChI=1S/C19H23ClN2O4S/c1-4-11-21-27(24,25)18-12-15(7-10-17(18)26-3)19(23)22-13(2)14-5-8-16(20)9-6-14/h5-10,12-13,21H,4,11H2,1-3H3,(H,22,23). The minimum atomic E-state index is -3.78. The average molecular weight is 411 g/mol. The lowest BCUT2D eigenvalue weighted by Gasteiger charge is -2.16. The van der Waals surface area contributed by atoms with Crippen molar-refractivity contribution in [3.63, 3.8) is 0 Å². The van der Waals surface area contributed by atoms with Crippen LogP contribution in [0.1, 0.15) is 42.2 Å². The zero-order valence-corrected chi connectivity index (χ0v) is 17.0. The summed E-state index contributed by atoms with van der Waals surface area (Å²) >= 11 is 5.88. The first-order valence-electron chi connectivity index (χ1n) is 8.52. The number of ether oxygens (including phenoxy) is 1. The molecule has 0 aliphatic carbocycles. The molecule has 27 heavy (non-hydrogen) atoms. The Kier molecular flexibility index (Phi) is 7.24. The van der Waals surface area contributed by atoms with Crippen LogP contribution in [0.25, 0.3) is 0 Å². The van der Waals surface area contributed by atoms with Crippen molar-refractivity contribution in [2.45, 2.75) is 31.2 Å². The lowest BCUT2D eigenvalue weighted by Crippen LogP contribution is -2.28. The number of hydrogen-bond donors (Lipinski definition) is 2. The maximum Gasteiger partial charge on any atom is 0.251 e. The third kappa shape index (κ3) is 5.45. The Hall–Kier alpha value is -2.09. The Morgan fingerprint density at radius 1 is 1.19 bits per heavy atom. The van der Waals surface area contributed by atoms with Gasteiger partial charge in [-0.2, -0.15) is 0 Å². The van der Waals surface area contributed by atoms with Crippen molar-refractivity contribution in [2.75, 3.05) is 13.7 Å². The van der Waals surface area contributed by atoms with Crippen LogP contribution in [-0.2, 0) is 10.0 Å². The number of hydrogen-bond acceptors (Lipinski definition) is 4. The van der Waals surface area contributed by atoms with Gasteiger partial charge in [0, 0.05) is 17.1 Å². The molecule has 0 saturated carbocycles. The van der Waals surface area contributed by atoms with Gasteiger partial charge in [0.25, 0.3) is 5.91 Å². The number of amides is 1. The molecule has 1 atom stereocenters. The Bertz CT molecular complexity index is 898. The van der Waals surface area contributed by atoms with Gasteiger partial charge in [0.2, 0.25) is 10.0 Å². The Morgan fingerprint density at radius 2 is 1.85 bits per heavy atom. The highest BCUT2D eigenvalue weighted by molar-refractivity contribution is 7.89. The molecule has 0 aliphatic heterocycles. The van der Waals surface area contributed by atoms with E-state index in [9.17, 15) is 13.2 Å². The van der Waals surface area contributed by atoms with Crippen LogP contribution in [-0.4, -0.2) is 28.0 Å². The smallest absolute Gasteiger partial charge is 0.251 e. The van der Waals surface area contributed by atoms with E-state index in [1.54, 1.807) is 12.1 Å². The second-order valence-electron chi connectivity index (χ2n) is 6.01. The number of nitrogens with one attached hydrogen (secondary N) is 2. The first kappa shape index (κ1) is 21.2. The Morgan fingerprint density at radius 3 is 2.44 bits per heavy atom. The van der Waals surface area contributed by atoms with Crippen molar-refractivity contribution in [2.24, 2.45) is 0 Å². The van der Waals surface area contributed by atoms with Gasteiger partial charge in [0.15, 0.2) is 0 Å². The average Bonchev–Trinajstić information content (AvgIpc) is 2.66. The van der Waals surface area contributed by atoms with Crippen LogP contribution in [0.5, 0.6) is 5.75 Å². The second kappa shape index (κ2) is 9.21. The number of halogens is 1. The molecule has 2 aromatic carbocycles. The minimum Gasteiger partial charge on any atom is -0.495 e. The molecule has 0 spiro atoms. The van der Waals surface area contributed by atoms with Crippen molar-refractivity contribution in [1.82, 2.24) is 10.0 Å². The summed E-state index contributed by atoms with van der Waals surface area (Å²) in [7, 11) is -2.39. The predicted octanol–water partition coefficient (Wildman–Crippen LogP) is 3.53. The lowest BCUT2D eigenvalue weighted by molar-refractivity contribution is 0.0939. The van der Waals surface area contributed by atoms with Gasteiger partial charge in [-0.25, -0.2) is 13.1 Å². The Balaban J connectivity index is 2.26. The van der Waals surface area contributed by atoms with Crippen LogP contribution in [0.4, 0.5) is 0 Å². The second-order valence-corrected chi connectivity index (χ2v) is 8.18. The molecule has 146 valence electrons. The van der Waals surface area contributed by atoms with Gasteiger partial charge in [-0.05, 0) is 49.2 Å². The fourth-order valence-corrected chi connectivity index (χ4v) is 3.91. The maximum atomic E-state index is 12.6. The molecule has 1 amide bonds. The summed E-state index contributed by atoms with van der Waals surface area (Å²) in [5, 5.41) is 3.47. The highest BCUT2D eigenvalue weighted by atomic mass is 35.5. The van der Waals surface area contributed by atoms with Gasteiger partial charge < -0.3 is 10.1 Å². The van der Waals surface area contributed by atoms with Gasteiger partial charge in [-0.15, -0.1) is 0 Å².